The van der Waals surface area contributed by atoms with E-state index in [9.17, 15) is 14.7 Å². The fraction of sp³-hybridized carbons (Fsp3) is 0.667. The third-order valence-corrected chi connectivity index (χ3v) is 4.06. The van der Waals surface area contributed by atoms with Gasteiger partial charge in [-0.15, -0.1) is 0 Å². The van der Waals surface area contributed by atoms with Crippen molar-refractivity contribution in [2.24, 2.45) is 5.92 Å². The first-order valence-corrected chi connectivity index (χ1v) is 6.38. The third-order valence-electron chi connectivity index (χ3n) is 4.06. The Kier molecular flexibility index (Phi) is 2.55. The molecule has 0 aromatic carbocycles. The summed E-state index contributed by atoms with van der Waals surface area (Å²) in [5.41, 5.74) is -0.610. The summed E-state index contributed by atoms with van der Waals surface area (Å²) in [5.74, 6) is 0.0168. The number of amides is 1. The van der Waals surface area contributed by atoms with Crippen molar-refractivity contribution >= 4 is 5.91 Å². The summed E-state index contributed by atoms with van der Waals surface area (Å²) in [5, 5.41) is 10.1. The van der Waals surface area contributed by atoms with Crippen molar-refractivity contribution < 1.29 is 9.90 Å². The Morgan fingerprint density at radius 3 is 2.89 bits per heavy atom. The monoisotopic (exact) mass is 251 g/mol. The Balaban J connectivity index is 1.72. The number of rotatable bonds is 2. The second-order valence-corrected chi connectivity index (χ2v) is 5.35. The van der Waals surface area contributed by atoms with Crippen LogP contribution in [0.4, 0.5) is 0 Å². The molecule has 1 atom stereocenters. The first-order chi connectivity index (χ1) is 8.58. The lowest BCUT2D eigenvalue weighted by atomic mass is 9.90. The minimum absolute atomic E-state index is 0.165. The van der Waals surface area contributed by atoms with Crippen molar-refractivity contribution in [3.05, 3.63) is 22.4 Å². The molecular formula is C12H17N3O3. The van der Waals surface area contributed by atoms with Crippen LogP contribution >= 0.6 is 0 Å². The fourth-order valence-corrected chi connectivity index (χ4v) is 2.75. The van der Waals surface area contributed by atoms with Crippen molar-refractivity contribution in [2.45, 2.75) is 31.3 Å². The van der Waals surface area contributed by atoms with Crippen LogP contribution in [-0.4, -0.2) is 44.6 Å². The smallest absolute Gasteiger partial charge is 0.323 e. The number of nitrogens with zero attached hydrogens (tertiary/aromatic N) is 1. The topological polar surface area (TPSA) is 89.2 Å². The molecular weight excluding hydrogens is 234 g/mol. The van der Waals surface area contributed by atoms with E-state index in [-0.39, 0.29) is 17.5 Å². The van der Waals surface area contributed by atoms with Gasteiger partial charge in [0.25, 0.3) is 5.91 Å². The molecule has 1 aliphatic heterocycles. The van der Waals surface area contributed by atoms with Crippen LogP contribution in [0.15, 0.2) is 11.0 Å². The fourth-order valence-electron chi connectivity index (χ4n) is 2.75. The Morgan fingerprint density at radius 1 is 1.50 bits per heavy atom. The van der Waals surface area contributed by atoms with E-state index < -0.39 is 5.60 Å². The van der Waals surface area contributed by atoms with Gasteiger partial charge < -0.3 is 20.0 Å². The molecule has 1 unspecified atom stereocenters. The maximum atomic E-state index is 12.2. The zero-order valence-electron chi connectivity index (χ0n) is 10.1. The van der Waals surface area contributed by atoms with Crippen molar-refractivity contribution in [1.29, 1.82) is 0 Å². The Labute approximate surface area is 104 Å². The second-order valence-electron chi connectivity index (χ2n) is 5.35. The maximum Gasteiger partial charge on any atom is 0.323 e. The third kappa shape index (κ3) is 1.96. The number of likely N-dealkylation sites (tertiary alicyclic amines) is 1. The highest BCUT2D eigenvalue weighted by Gasteiger charge is 2.49. The first kappa shape index (κ1) is 11.5. The van der Waals surface area contributed by atoms with Crippen LogP contribution in [0, 0.1) is 5.92 Å². The number of nitrogens with one attached hydrogen (secondary N) is 2. The summed E-state index contributed by atoms with van der Waals surface area (Å²) in [4.78, 5) is 29.8. The molecule has 3 rings (SSSR count). The minimum atomic E-state index is -0.537. The van der Waals surface area contributed by atoms with Crippen molar-refractivity contribution in [3.8, 4) is 0 Å². The summed E-state index contributed by atoms with van der Waals surface area (Å²) in [6.07, 6.45) is 4.98. The van der Waals surface area contributed by atoms with E-state index in [4.69, 9.17) is 0 Å². The summed E-state index contributed by atoms with van der Waals surface area (Å²) in [6, 6.07) is 0. The molecule has 6 heteroatoms. The van der Waals surface area contributed by atoms with E-state index in [0.717, 1.165) is 25.7 Å². The van der Waals surface area contributed by atoms with Crippen LogP contribution in [0.5, 0.6) is 0 Å². The SMILES string of the molecule is O=C(c1c[nH]c(=O)[nH]1)N1CCCC(C2(O)CC2)C1. The first-order valence-electron chi connectivity index (χ1n) is 6.38. The van der Waals surface area contributed by atoms with Crippen LogP contribution in [0.1, 0.15) is 36.2 Å². The molecule has 1 aromatic rings. The van der Waals surface area contributed by atoms with Gasteiger partial charge in [0.15, 0.2) is 0 Å². The number of aromatic nitrogens is 2. The van der Waals surface area contributed by atoms with Gasteiger partial charge in [-0.1, -0.05) is 0 Å². The Hall–Kier alpha value is -1.56. The van der Waals surface area contributed by atoms with E-state index in [2.05, 4.69) is 9.97 Å². The predicted molar refractivity (Wildman–Crippen MR) is 64.2 cm³/mol. The molecule has 3 N–H and O–H groups in total. The lowest BCUT2D eigenvalue weighted by molar-refractivity contribution is 0.0279. The van der Waals surface area contributed by atoms with Crippen LogP contribution in [0.2, 0.25) is 0 Å². The van der Waals surface area contributed by atoms with E-state index in [1.807, 2.05) is 0 Å². The second kappa shape index (κ2) is 3.98. The number of carbonyl (C=O) groups is 1. The van der Waals surface area contributed by atoms with Crippen LogP contribution in [0.25, 0.3) is 0 Å². The zero-order chi connectivity index (χ0) is 12.8. The largest absolute Gasteiger partial charge is 0.390 e. The highest BCUT2D eigenvalue weighted by Crippen LogP contribution is 2.45. The zero-order valence-corrected chi connectivity index (χ0v) is 10.1. The molecule has 0 bridgehead atoms. The molecule has 1 aromatic heterocycles. The molecule has 1 aliphatic carbocycles. The van der Waals surface area contributed by atoms with Gasteiger partial charge in [0.05, 0.1) is 5.60 Å². The average molecular weight is 251 g/mol. The van der Waals surface area contributed by atoms with Gasteiger partial charge in [0.2, 0.25) is 0 Å². The summed E-state index contributed by atoms with van der Waals surface area (Å²) in [7, 11) is 0. The van der Waals surface area contributed by atoms with Crippen molar-refractivity contribution in [2.75, 3.05) is 13.1 Å². The minimum Gasteiger partial charge on any atom is -0.390 e. The predicted octanol–water partition coefficient (Wildman–Crippen LogP) is 0.0801. The van der Waals surface area contributed by atoms with Crippen LogP contribution < -0.4 is 5.69 Å². The molecule has 98 valence electrons. The molecule has 0 spiro atoms. The number of hydrogen-bond donors (Lipinski definition) is 3. The lowest BCUT2D eigenvalue weighted by Crippen LogP contribution is -2.44. The van der Waals surface area contributed by atoms with Gasteiger partial charge >= 0.3 is 5.69 Å². The number of imidazole rings is 1. The quantitative estimate of drug-likeness (QED) is 0.695. The summed E-state index contributed by atoms with van der Waals surface area (Å²) in [6.45, 7) is 1.28. The van der Waals surface area contributed by atoms with Gasteiger partial charge in [-0.25, -0.2) is 4.79 Å². The number of carbonyl (C=O) groups excluding carboxylic acids is 1. The number of aliphatic hydroxyl groups is 1. The Morgan fingerprint density at radius 2 is 2.28 bits per heavy atom. The molecule has 0 radical (unpaired) electrons. The molecule has 1 amide bonds. The normalized spacial score (nSPS) is 26.1. The maximum absolute atomic E-state index is 12.2. The van der Waals surface area contributed by atoms with Gasteiger partial charge in [-0.3, -0.25) is 4.79 Å². The standard InChI is InChI=1S/C12H17N3O3/c16-10(9-6-13-11(17)14-9)15-5-1-2-8(7-15)12(18)3-4-12/h6,8,18H,1-5,7H2,(H2,13,14,17). The molecule has 6 nitrogen and oxygen atoms in total. The average Bonchev–Trinajstić information content (AvgIpc) is 2.98. The van der Waals surface area contributed by atoms with E-state index in [1.54, 1.807) is 4.90 Å². The number of aromatic amines is 2. The van der Waals surface area contributed by atoms with Gasteiger partial charge in [-0.2, -0.15) is 0 Å². The van der Waals surface area contributed by atoms with Crippen molar-refractivity contribution in [1.82, 2.24) is 14.9 Å². The number of hydrogen-bond acceptors (Lipinski definition) is 3. The van der Waals surface area contributed by atoms with Gasteiger partial charge in [0, 0.05) is 25.2 Å². The number of H-pyrrole nitrogens is 2. The van der Waals surface area contributed by atoms with E-state index >= 15 is 0 Å². The number of piperidine rings is 1. The molecule has 2 fully saturated rings. The van der Waals surface area contributed by atoms with E-state index in [0.29, 0.717) is 18.8 Å². The highest BCUT2D eigenvalue weighted by atomic mass is 16.3. The van der Waals surface area contributed by atoms with Crippen LogP contribution in [0.3, 0.4) is 0 Å². The Bertz CT molecular complexity index is 515. The highest BCUT2D eigenvalue weighted by molar-refractivity contribution is 5.92. The molecule has 1 saturated carbocycles. The molecule has 2 heterocycles. The molecule has 1 saturated heterocycles. The van der Waals surface area contributed by atoms with E-state index in [1.165, 1.54) is 6.20 Å². The summed E-state index contributed by atoms with van der Waals surface area (Å²) < 4.78 is 0. The van der Waals surface area contributed by atoms with Gasteiger partial charge in [0.1, 0.15) is 5.69 Å². The van der Waals surface area contributed by atoms with Crippen molar-refractivity contribution in [3.63, 3.8) is 0 Å². The van der Waals surface area contributed by atoms with Crippen LogP contribution in [-0.2, 0) is 0 Å². The molecule has 2 aliphatic rings. The summed E-state index contributed by atoms with van der Waals surface area (Å²) >= 11 is 0. The lowest BCUT2D eigenvalue weighted by Gasteiger charge is -2.35. The van der Waals surface area contributed by atoms with Gasteiger partial charge in [-0.05, 0) is 25.7 Å². The molecule has 18 heavy (non-hydrogen) atoms.